The highest BCUT2D eigenvalue weighted by Crippen LogP contribution is 2.35. The van der Waals surface area contributed by atoms with Crippen LogP contribution in [-0.4, -0.2) is 25.0 Å². The van der Waals surface area contributed by atoms with Gasteiger partial charge in [0.25, 0.3) is 0 Å². The Labute approximate surface area is 101 Å². The van der Waals surface area contributed by atoms with Crippen molar-refractivity contribution >= 4 is 12.0 Å². The Morgan fingerprint density at radius 2 is 2.00 bits per heavy atom. The van der Waals surface area contributed by atoms with Gasteiger partial charge in [0.15, 0.2) is 0 Å². The first-order chi connectivity index (χ1) is 8.40. The Morgan fingerprint density at radius 3 is 2.44 bits per heavy atom. The number of nitrogens with zero attached hydrogens (tertiary/aromatic N) is 1. The minimum Gasteiger partial charge on any atom is -0.357 e. The molecular weight excluding hydrogens is 250 g/mol. The molecule has 0 atom stereocenters. The molecule has 1 aromatic carbocycles. The quantitative estimate of drug-likeness (QED) is 0.613. The third-order valence-electron chi connectivity index (χ3n) is 2.75. The summed E-state index contributed by atoms with van der Waals surface area (Å²) in [5, 5.41) is 0. The summed E-state index contributed by atoms with van der Waals surface area (Å²) in [7, 11) is 0. The molecule has 0 N–H and O–H groups in total. The molecule has 0 radical (unpaired) electrons. The van der Waals surface area contributed by atoms with Gasteiger partial charge in [0, 0.05) is 11.6 Å². The number of carbonyl (C=O) groups is 1. The number of benzene rings is 1. The van der Waals surface area contributed by atoms with Crippen LogP contribution in [0.3, 0.4) is 0 Å². The SMILES string of the molecule is O=Cc1ccc(N(CC(F)(F)F)C2CC2)c(F)c1. The lowest BCUT2D eigenvalue weighted by Gasteiger charge is -2.26. The first kappa shape index (κ1) is 12.9. The molecular formula is C12H11F4NO. The molecule has 0 saturated heterocycles. The number of carbonyl (C=O) groups excluding carboxylic acids is 1. The number of rotatable bonds is 4. The lowest BCUT2D eigenvalue weighted by atomic mass is 10.2. The summed E-state index contributed by atoms with van der Waals surface area (Å²) in [6, 6.07) is 3.23. The topological polar surface area (TPSA) is 20.3 Å². The Kier molecular flexibility index (Phi) is 3.28. The highest BCUT2D eigenvalue weighted by molar-refractivity contribution is 5.76. The van der Waals surface area contributed by atoms with Crippen LogP contribution in [0.5, 0.6) is 0 Å². The fourth-order valence-corrected chi connectivity index (χ4v) is 1.82. The van der Waals surface area contributed by atoms with Crippen LogP contribution in [0.4, 0.5) is 23.2 Å². The molecule has 0 amide bonds. The van der Waals surface area contributed by atoms with E-state index in [0.29, 0.717) is 19.1 Å². The Hall–Kier alpha value is -1.59. The molecule has 0 bridgehead atoms. The van der Waals surface area contributed by atoms with E-state index in [-0.39, 0.29) is 17.3 Å². The Morgan fingerprint density at radius 1 is 1.33 bits per heavy atom. The van der Waals surface area contributed by atoms with Crippen molar-refractivity contribution in [3.63, 3.8) is 0 Å². The first-order valence-electron chi connectivity index (χ1n) is 5.49. The first-order valence-corrected chi connectivity index (χ1v) is 5.49. The number of hydrogen-bond acceptors (Lipinski definition) is 2. The predicted molar refractivity (Wildman–Crippen MR) is 58.2 cm³/mol. The van der Waals surface area contributed by atoms with E-state index in [1.807, 2.05) is 0 Å². The molecule has 0 heterocycles. The number of aldehydes is 1. The van der Waals surface area contributed by atoms with Crippen LogP contribution >= 0.6 is 0 Å². The van der Waals surface area contributed by atoms with Gasteiger partial charge >= 0.3 is 6.18 Å². The molecule has 0 aliphatic heterocycles. The molecule has 1 aliphatic rings. The fraction of sp³-hybridized carbons (Fsp3) is 0.417. The third kappa shape index (κ3) is 3.00. The van der Waals surface area contributed by atoms with Crippen LogP contribution in [0.15, 0.2) is 18.2 Å². The summed E-state index contributed by atoms with van der Waals surface area (Å²) in [5.74, 6) is -0.796. The zero-order valence-corrected chi connectivity index (χ0v) is 9.38. The van der Waals surface area contributed by atoms with Crippen molar-refractivity contribution in [3.05, 3.63) is 29.6 Å². The van der Waals surface area contributed by atoms with Crippen molar-refractivity contribution in [2.45, 2.75) is 25.1 Å². The lowest BCUT2D eigenvalue weighted by molar-refractivity contribution is -0.120. The van der Waals surface area contributed by atoms with E-state index in [0.717, 1.165) is 11.0 Å². The molecule has 0 aromatic heterocycles. The third-order valence-corrected chi connectivity index (χ3v) is 2.75. The fourth-order valence-electron chi connectivity index (χ4n) is 1.82. The van der Waals surface area contributed by atoms with Gasteiger partial charge in [-0.3, -0.25) is 4.79 Å². The predicted octanol–water partition coefficient (Wildman–Crippen LogP) is 3.17. The second-order valence-corrected chi connectivity index (χ2v) is 4.30. The molecule has 0 unspecified atom stereocenters. The highest BCUT2D eigenvalue weighted by Gasteiger charge is 2.39. The molecule has 1 fully saturated rings. The van der Waals surface area contributed by atoms with Crippen molar-refractivity contribution < 1.29 is 22.4 Å². The van der Waals surface area contributed by atoms with Crippen LogP contribution in [0, 0.1) is 5.82 Å². The maximum atomic E-state index is 13.7. The van der Waals surface area contributed by atoms with Gasteiger partial charge in [-0.15, -0.1) is 0 Å². The minimum atomic E-state index is -4.38. The van der Waals surface area contributed by atoms with Crippen molar-refractivity contribution in [3.8, 4) is 0 Å². The zero-order chi connectivity index (χ0) is 13.3. The van der Waals surface area contributed by atoms with Gasteiger partial charge in [-0.05, 0) is 31.0 Å². The van der Waals surface area contributed by atoms with Gasteiger partial charge < -0.3 is 4.90 Å². The van der Waals surface area contributed by atoms with E-state index < -0.39 is 18.5 Å². The molecule has 1 aliphatic carbocycles. The second kappa shape index (κ2) is 4.59. The van der Waals surface area contributed by atoms with E-state index >= 15 is 0 Å². The number of halogens is 4. The van der Waals surface area contributed by atoms with Gasteiger partial charge in [0.1, 0.15) is 18.6 Å². The van der Waals surface area contributed by atoms with Gasteiger partial charge in [-0.1, -0.05) is 0 Å². The van der Waals surface area contributed by atoms with E-state index in [2.05, 4.69) is 0 Å². The van der Waals surface area contributed by atoms with Crippen molar-refractivity contribution in [2.75, 3.05) is 11.4 Å². The average molecular weight is 261 g/mol. The Balaban J connectivity index is 2.28. The maximum Gasteiger partial charge on any atom is 0.405 e. The van der Waals surface area contributed by atoms with E-state index in [4.69, 9.17) is 0 Å². The van der Waals surface area contributed by atoms with E-state index in [9.17, 15) is 22.4 Å². The number of anilines is 1. The summed E-state index contributed by atoms with van der Waals surface area (Å²) >= 11 is 0. The van der Waals surface area contributed by atoms with Gasteiger partial charge in [-0.25, -0.2) is 4.39 Å². The molecule has 98 valence electrons. The van der Waals surface area contributed by atoms with Gasteiger partial charge in [0.05, 0.1) is 5.69 Å². The van der Waals surface area contributed by atoms with Gasteiger partial charge in [0.2, 0.25) is 0 Å². The summed E-state index contributed by atoms with van der Waals surface area (Å²) in [6.45, 7) is -1.17. The number of hydrogen-bond donors (Lipinski definition) is 0. The van der Waals surface area contributed by atoms with Crippen LogP contribution in [0.1, 0.15) is 23.2 Å². The smallest absolute Gasteiger partial charge is 0.357 e. The van der Waals surface area contributed by atoms with Gasteiger partial charge in [-0.2, -0.15) is 13.2 Å². The normalized spacial score (nSPS) is 15.6. The summed E-state index contributed by atoms with van der Waals surface area (Å²) in [6.07, 6.45) is -2.66. The van der Waals surface area contributed by atoms with Crippen LogP contribution in [0.2, 0.25) is 0 Å². The molecule has 2 nitrogen and oxygen atoms in total. The van der Waals surface area contributed by atoms with Crippen LogP contribution < -0.4 is 4.90 Å². The summed E-state index contributed by atoms with van der Waals surface area (Å²) < 4.78 is 51.0. The molecule has 1 aromatic rings. The van der Waals surface area contributed by atoms with Crippen LogP contribution in [-0.2, 0) is 0 Å². The lowest BCUT2D eigenvalue weighted by Crippen LogP contribution is -2.36. The summed E-state index contributed by atoms with van der Waals surface area (Å²) in [4.78, 5) is 11.5. The van der Waals surface area contributed by atoms with Crippen molar-refractivity contribution in [1.82, 2.24) is 0 Å². The Bertz CT molecular complexity index is 454. The largest absolute Gasteiger partial charge is 0.405 e. The molecule has 18 heavy (non-hydrogen) atoms. The zero-order valence-electron chi connectivity index (χ0n) is 9.38. The van der Waals surface area contributed by atoms with E-state index in [1.165, 1.54) is 12.1 Å². The molecule has 0 spiro atoms. The molecule has 1 saturated carbocycles. The van der Waals surface area contributed by atoms with Crippen molar-refractivity contribution in [2.24, 2.45) is 0 Å². The summed E-state index contributed by atoms with van der Waals surface area (Å²) in [5.41, 5.74) is 0.0134. The monoisotopic (exact) mass is 261 g/mol. The average Bonchev–Trinajstić information content (AvgIpc) is 3.08. The standard InChI is InChI=1S/C12H11F4NO/c13-10-5-8(6-18)1-4-11(10)17(9-2-3-9)7-12(14,15)16/h1,4-6,9H,2-3,7H2. The van der Waals surface area contributed by atoms with Crippen LogP contribution in [0.25, 0.3) is 0 Å². The highest BCUT2D eigenvalue weighted by atomic mass is 19.4. The van der Waals surface area contributed by atoms with E-state index in [1.54, 1.807) is 0 Å². The van der Waals surface area contributed by atoms with Crippen molar-refractivity contribution in [1.29, 1.82) is 0 Å². The second-order valence-electron chi connectivity index (χ2n) is 4.30. The minimum absolute atomic E-state index is 0.0968. The number of alkyl halides is 3. The maximum absolute atomic E-state index is 13.7. The molecule has 2 rings (SSSR count). The molecule has 6 heteroatoms.